The van der Waals surface area contributed by atoms with Gasteiger partial charge in [0.15, 0.2) is 0 Å². The maximum Gasteiger partial charge on any atom is 0.303 e. The van der Waals surface area contributed by atoms with Crippen LogP contribution in [0.1, 0.15) is 55.7 Å². The van der Waals surface area contributed by atoms with E-state index in [4.69, 9.17) is 5.11 Å². The molecule has 0 aliphatic carbocycles. The zero-order chi connectivity index (χ0) is 23.9. The van der Waals surface area contributed by atoms with Crippen LogP contribution in [0, 0.1) is 5.92 Å². The van der Waals surface area contributed by atoms with E-state index in [0.717, 1.165) is 19.5 Å². The van der Waals surface area contributed by atoms with Gasteiger partial charge in [-0.3, -0.25) is 9.59 Å². The molecule has 0 saturated carbocycles. The largest absolute Gasteiger partial charge is 0.481 e. The minimum atomic E-state index is -0.847. The fraction of sp³-hybridized carbons (Fsp3) is 0.379. The van der Waals surface area contributed by atoms with E-state index >= 15 is 0 Å². The number of nitrogens with one attached hydrogen (secondary N) is 1. The molecule has 2 N–H and O–H groups in total. The Labute approximate surface area is 201 Å². The number of carboxylic acids is 1. The minimum Gasteiger partial charge on any atom is -0.481 e. The van der Waals surface area contributed by atoms with E-state index < -0.39 is 5.97 Å². The summed E-state index contributed by atoms with van der Waals surface area (Å²) in [5, 5.41) is 15.2. The maximum atomic E-state index is 12.8. The Morgan fingerprint density at radius 1 is 1.00 bits per heavy atom. The van der Waals surface area contributed by atoms with Crippen molar-refractivity contribution in [3.63, 3.8) is 0 Å². The van der Waals surface area contributed by atoms with Crippen LogP contribution in [0.4, 0.5) is 0 Å². The van der Waals surface area contributed by atoms with E-state index in [9.17, 15) is 9.59 Å². The number of fused-ring (bicyclic) bond motifs is 1. The van der Waals surface area contributed by atoms with Crippen LogP contribution in [0.3, 0.4) is 0 Å². The molecule has 2 unspecified atom stereocenters. The van der Waals surface area contributed by atoms with Crippen molar-refractivity contribution in [1.82, 2.24) is 10.2 Å². The van der Waals surface area contributed by atoms with Gasteiger partial charge in [-0.25, -0.2) is 0 Å². The lowest BCUT2D eigenvalue weighted by molar-refractivity contribution is -0.137. The van der Waals surface area contributed by atoms with Gasteiger partial charge in [0.25, 0.3) is 0 Å². The van der Waals surface area contributed by atoms with Gasteiger partial charge in [0.05, 0.1) is 0 Å². The molecule has 1 amide bonds. The molecule has 1 aliphatic rings. The van der Waals surface area contributed by atoms with Crippen LogP contribution in [0.2, 0.25) is 0 Å². The molecule has 34 heavy (non-hydrogen) atoms. The van der Waals surface area contributed by atoms with E-state index in [1.54, 1.807) is 0 Å². The lowest BCUT2D eigenvalue weighted by atomic mass is 9.80. The standard InChI is InChI=1S/C29H34N2O3/c1-21(25-14-7-12-23-11-5-6-13-27(23)25)30-19-24-20-31(28(32)15-8-16-29(33)34)18-17-26(24)22-9-3-2-4-10-22/h2-7,9-14,21,24,26,30H,8,15-20H2,1H3,(H,33,34)/t21-,24?,26?/m1/s1. The van der Waals surface area contributed by atoms with Crippen molar-refractivity contribution in [3.8, 4) is 0 Å². The number of hydrogen-bond acceptors (Lipinski definition) is 3. The molecule has 1 saturated heterocycles. The predicted molar refractivity (Wildman–Crippen MR) is 136 cm³/mol. The van der Waals surface area contributed by atoms with E-state index in [1.165, 1.54) is 21.9 Å². The van der Waals surface area contributed by atoms with E-state index in [2.05, 4.69) is 79.0 Å². The Morgan fingerprint density at radius 2 is 1.74 bits per heavy atom. The molecule has 1 heterocycles. The van der Waals surface area contributed by atoms with Gasteiger partial charge in [-0.15, -0.1) is 0 Å². The summed E-state index contributed by atoms with van der Waals surface area (Å²) in [5.74, 6) is -0.103. The number of nitrogens with zero attached hydrogens (tertiary/aromatic N) is 1. The smallest absolute Gasteiger partial charge is 0.303 e. The quantitative estimate of drug-likeness (QED) is 0.452. The van der Waals surface area contributed by atoms with Crippen LogP contribution in [0.15, 0.2) is 72.8 Å². The maximum absolute atomic E-state index is 12.8. The molecule has 1 aliphatic heterocycles. The van der Waals surface area contributed by atoms with Crippen LogP contribution in [0.5, 0.6) is 0 Å². The average Bonchev–Trinajstić information content (AvgIpc) is 2.87. The first-order chi connectivity index (χ1) is 16.5. The summed E-state index contributed by atoms with van der Waals surface area (Å²) >= 11 is 0. The topological polar surface area (TPSA) is 69.6 Å². The number of hydrogen-bond donors (Lipinski definition) is 2. The highest BCUT2D eigenvalue weighted by atomic mass is 16.4. The van der Waals surface area contributed by atoms with Crippen LogP contribution in [0.25, 0.3) is 10.8 Å². The summed E-state index contributed by atoms with van der Waals surface area (Å²) < 4.78 is 0. The number of aliphatic carboxylic acids is 1. The molecule has 178 valence electrons. The molecule has 1 fully saturated rings. The van der Waals surface area contributed by atoms with Crippen molar-refractivity contribution < 1.29 is 14.7 Å². The highest BCUT2D eigenvalue weighted by molar-refractivity contribution is 5.86. The third kappa shape index (κ3) is 5.84. The lowest BCUT2D eigenvalue weighted by Gasteiger charge is -2.39. The second kappa shape index (κ2) is 11.3. The first-order valence-electron chi connectivity index (χ1n) is 12.3. The van der Waals surface area contributed by atoms with Crippen LogP contribution < -0.4 is 5.32 Å². The molecule has 0 spiro atoms. The zero-order valence-electron chi connectivity index (χ0n) is 19.8. The van der Waals surface area contributed by atoms with Crippen LogP contribution >= 0.6 is 0 Å². The second-order valence-corrected chi connectivity index (χ2v) is 9.35. The average molecular weight is 459 g/mol. The van der Waals surface area contributed by atoms with Gasteiger partial charge in [0.2, 0.25) is 5.91 Å². The second-order valence-electron chi connectivity index (χ2n) is 9.35. The number of likely N-dealkylation sites (tertiary alicyclic amines) is 1. The molecule has 3 aromatic rings. The van der Waals surface area contributed by atoms with E-state index in [0.29, 0.717) is 25.3 Å². The van der Waals surface area contributed by atoms with Gasteiger partial charge in [0.1, 0.15) is 0 Å². The van der Waals surface area contributed by atoms with E-state index in [1.807, 2.05) is 11.0 Å². The van der Waals surface area contributed by atoms with Gasteiger partial charge < -0.3 is 15.3 Å². The number of piperidine rings is 1. The molecule has 3 atom stereocenters. The Morgan fingerprint density at radius 3 is 2.53 bits per heavy atom. The number of benzene rings is 3. The van der Waals surface area contributed by atoms with Gasteiger partial charge >= 0.3 is 5.97 Å². The van der Waals surface area contributed by atoms with Crippen molar-refractivity contribution in [1.29, 1.82) is 0 Å². The Bertz CT molecular complexity index is 1110. The first-order valence-corrected chi connectivity index (χ1v) is 12.3. The Hall–Kier alpha value is -3.18. The molecule has 4 rings (SSSR count). The number of carbonyl (C=O) groups excluding carboxylic acids is 1. The molecule has 0 bridgehead atoms. The summed E-state index contributed by atoms with van der Waals surface area (Å²) in [6.45, 7) is 4.43. The normalized spacial score (nSPS) is 19.1. The molecule has 0 aromatic heterocycles. The zero-order valence-corrected chi connectivity index (χ0v) is 19.8. The fourth-order valence-electron chi connectivity index (χ4n) is 5.22. The van der Waals surface area contributed by atoms with Gasteiger partial charge in [0, 0.05) is 38.5 Å². The van der Waals surface area contributed by atoms with Crippen molar-refractivity contribution in [2.45, 2.75) is 44.6 Å². The Kier molecular flexibility index (Phi) is 7.96. The van der Waals surface area contributed by atoms with Gasteiger partial charge in [-0.05, 0) is 53.5 Å². The molecule has 3 aromatic carbocycles. The van der Waals surface area contributed by atoms with Gasteiger partial charge in [-0.2, -0.15) is 0 Å². The number of amides is 1. The Balaban J connectivity index is 1.46. The van der Waals surface area contributed by atoms with E-state index in [-0.39, 0.29) is 24.3 Å². The summed E-state index contributed by atoms with van der Waals surface area (Å²) in [5.41, 5.74) is 2.61. The molecule has 5 nitrogen and oxygen atoms in total. The van der Waals surface area contributed by atoms with Crippen molar-refractivity contribution in [2.75, 3.05) is 19.6 Å². The molecule has 0 radical (unpaired) electrons. The fourth-order valence-corrected chi connectivity index (χ4v) is 5.22. The highest BCUT2D eigenvalue weighted by Crippen LogP contribution is 2.34. The number of carbonyl (C=O) groups is 2. The molecular weight excluding hydrogens is 424 g/mol. The summed E-state index contributed by atoms with van der Waals surface area (Å²) in [6.07, 6.45) is 1.66. The monoisotopic (exact) mass is 458 g/mol. The number of rotatable bonds is 9. The minimum absolute atomic E-state index is 0.0414. The molecule has 5 heteroatoms. The first kappa shape index (κ1) is 24.0. The van der Waals surface area contributed by atoms with Crippen LogP contribution in [-0.4, -0.2) is 41.5 Å². The third-order valence-corrected chi connectivity index (χ3v) is 7.07. The highest BCUT2D eigenvalue weighted by Gasteiger charge is 2.32. The SMILES string of the molecule is C[C@@H](NCC1CN(C(=O)CCCC(=O)O)CCC1c1ccccc1)c1cccc2ccccc12. The third-order valence-electron chi connectivity index (χ3n) is 7.07. The number of carboxylic acid groups (broad SMARTS) is 1. The van der Waals surface area contributed by atoms with Crippen molar-refractivity contribution in [2.24, 2.45) is 5.92 Å². The van der Waals surface area contributed by atoms with Crippen molar-refractivity contribution in [3.05, 3.63) is 83.9 Å². The summed E-state index contributed by atoms with van der Waals surface area (Å²) in [4.78, 5) is 25.6. The van der Waals surface area contributed by atoms with Gasteiger partial charge in [-0.1, -0.05) is 72.8 Å². The summed E-state index contributed by atoms with van der Waals surface area (Å²) in [7, 11) is 0. The molecular formula is C29H34N2O3. The van der Waals surface area contributed by atoms with Crippen LogP contribution in [-0.2, 0) is 9.59 Å². The summed E-state index contributed by atoms with van der Waals surface area (Å²) in [6, 6.07) is 25.7. The predicted octanol–water partition coefficient (Wildman–Crippen LogP) is 5.38. The lowest BCUT2D eigenvalue weighted by Crippen LogP contribution is -2.46. The van der Waals surface area contributed by atoms with Crippen molar-refractivity contribution >= 4 is 22.6 Å².